The molecular weight excluding hydrogens is 136 g/mol. The molecule has 1 aliphatic heterocycles. The summed E-state index contributed by atoms with van der Waals surface area (Å²) < 4.78 is 5.40. The smallest absolute Gasteiger partial charge is 0.123 e. The van der Waals surface area contributed by atoms with E-state index >= 15 is 0 Å². The molecule has 1 aromatic rings. The highest BCUT2D eigenvalue weighted by molar-refractivity contribution is 5.42. The normalized spacial score (nSPS) is 14.9. The van der Waals surface area contributed by atoms with Crippen LogP contribution in [-0.4, -0.2) is 6.61 Å². The van der Waals surface area contributed by atoms with Gasteiger partial charge in [-0.15, -0.1) is 0 Å². The minimum atomic E-state index is 0.643. The van der Waals surface area contributed by atoms with Crippen LogP contribution < -0.4 is 4.74 Å². The van der Waals surface area contributed by atoms with Crippen molar-refractivity contribution >= 4 is 0 Å². The van der Waals surface area contributed by atoms with Crippen molar-refractivity contribution in [3.05, 3.63) is 48.4 Å². The minimum Gasteiger partial charge on any atom is -0.489 e. The number of hydrogen-bond acceptors (Lipinski definition) is 1. The van der Waals surface area contributed by atoms with Crippen molar-refractivity contribution in [3.8, 4) is 5.75 Å². The molecule has 54 valence electrons. The maximum Gasteiger partial charge on any atom is 0.123 e. The molecule has 0 spiro atoms. The van der Waals surface area contributed by atoms with E-state index in [4.69, 9.17) is 4.74 Å². The molecule has 0 unspecified atom stereocenters. The maximum atomic E-state index is 5.40. The molecule has 2 rings (SSSR count). The Labute approximate surface area is 66.3 Å². The molecule has 1 heteroatoms. The third-order valence-electron chi connectivity index (χ3n) is 1.58. The van der Waals surface area contributed by atoms with E-state index in [0.717, 1.165) is 11.3 Å². The summed E-state index contributed by atoms with van der Waals surface area (Å²) in [5, 5.41) is 0. The summed E-state index contributed by atoms with van der Waals surface area (Å²) in [5.74, 6) is 0.914. The van der Waals surface area contributed by atoms with E-state index in [-0.39, 0.29) is 0 Å². The van der Waals surface area contributed by atoms with E-state index in [0.29, 0.717) is 6.61 Å². The van der Waals surface area contributed by atoms with Crippen LogP contribution in [0.3, 0.4) is 0 Å². The Morgan fingerprint density at radius 1 is 1.27 bits per heavy atom. The fraction of sp³-hybridized carbons (Fsp3) is 0.100. The zero-order valence-corrected chi connectivity index (χ0v) is 6.08. The molecule has 0 amide bonds. The molecule has 0 bridgehead atoms. The summed E-state index contributed by atoms with van der Waals surface area (Å²) >= 11 is 0. The molecule has 0 aromatic heterocycles. The molecule has 1 heterocycles. The number of rotatable bonds is 0. The van der Waals surface area contributed by atoms with Crippen molar-refractivity contribution in [1.29, 1.82) is 0 Å². The topological polar surface area (TPSA) is 9.23 Å². The molecule has 0 aliphatic carbocycles. The number of allylic oxidation sites excluding steroid dienone is 1. The Kier molecular flexibility index (Phi) is 1.64. The van der Waals surface area contributed by atoms with Gasteiger partial charge in [-0.1, -0.05) is 30.4 Å². The highest BCUT2D eigenvalue weighted by Crippen LogP contribution is 2.21. The van der Waals surface area contributed by atoms with Crippen molar-refractivity contribution in [2.45, 2.75) is 0 Å². The maximum absolute atomic E-state index is 5.40. The number of hydrogen-bond donors (Lipinski definition) is 0. The lowest BCUT2D eigenvalue weighted by molar-refractivity contribution is 0.363. The molecule has 1 nitrogen and oxygen atoms in total. The van der Waals surface area contributed by atoms with E-state index in [2.05, 4.69) is 6.42 Å². The third kappa shape index (κ3) is 1.27. The summed E-state index contributed by atoms with van der Waals surface area (Å²) in [7, 11) is 0. The van der Waals surface area contributed by atoms with Gasteiger partial charge in [0.25, 0.3) is 0 Å². The summed E-state index contributed by atoms with van der Waals surface area (Å²) in [6, 6.07) is 7.89. The first-order valence-corrected chi connectivity index (χ1v) is 3.60. The molecule has 11 heavy (non-hydrogen) atoms. The standard InChI is InChI=1S/C10H8O/c1-2-7-10-9(5-1)6-3-4-8-11-10/h1-5,7H,8H2. The largest absolute Gasteiger partial charge is 0.489 e. The van der Waals surface area contributed by atoms with Crippen molar-refractivity contribution in [2.24, 2.45) is 0 Å². The van der Waals surface area contributed by atoms with Crippen LogP contribution in [0.5, 0.6) is 5.75 Å². The van der Waals surface area contributed by atoms with E-state index in [1.54, 1.807) is 0 Å². The number of para-hydroxylation sites is 1. The Morgan fingerprint density at radius 2 is 2.18 bits per heavy atom. The molecule has 1 aromatic carbocycles. The molecule has 0 saturated heterocycles. The highest BCUT2D eigenvalue weighted by Gasteiger charge is 2.02. The van der Waals surface area contributed by atoms with Crippen molar-refractivity contribution < 1.29 is 4.74 Å². The van der Waals surface area contributed by atoms with Gasteiger partial charge in [0.05, 0.1) is 0 Å². The second-order valence-electron chi connectivity index (χ2n) is 2.35. The fourth-order valence-electron chi connectivity index (χ4n) is 1.05. The molecule has 0 fully saturated rings. The lowest BCUT2D eigenvalue weighted by Crippen LogP contribution is -1.92. The predicted octanol–water partition coefficient (Wildman–Crippen LogP) is 2.06. The molecular formula is C10H8O. The zero-order valence-electron chi connectivity index (χ0n) is 6.08. The van der Waals surface area contributed by atoms with Gasteiger partial charge in [0.15, 0.2) is 0 Å². The van der Waals surface area contributed by atoms with Gasteiger partial charge in [-0.05, 0) is 6.07 Å². The Bertz CT molecular complexity index is 276. The second-order valence-corrected chi connectivity index (χ2v) is 2.35. The SMILES string of the molecule is [C]1C=CCOc2ccccc21. The van der Waals surface area contributed by atoms with Gasteiger partial charge in [-0.25, -0.2) is 0 Å². The molecule has 0 atom stereocenters. The van der Waals surface area contributed by atoms with Gasteiger partial charge in [-0.2, -0.15) is 0 Å². The first-order chi connectivity index (χ1) is 5.47. The van der Waals surface area contributed by atoms with Gasteiger partial charge < -0.3 is 4.74 Å². The number of fused-ring (bicyclic) bond motifs is 1. The average molecular weight is 144 g/mol. The highest BCUT2D eigenvalue weighted by atomic mass is 16.5. The molecule has 1 aliphatic rings. The van der Waals surface area contributed by atoms with Crippen LogP contribution >= 0.6 is 0 Å². The van der Waals surface area contributed by atoms with Gasteiger partial charge >= 0.3 is 0 Å². The van der Waals surface area contributed by atoms with Crippen LogP contribution in [0.15, 0.2) is 36.4 Å². The quantitative estimate of drug-likeness (QED) is 0.541. The van der Waals surface area contributed by atoms with E-state index in [9.17, 15) is 0 Å². The molecule has 0 saturated carbocycles. The molecule has 2 radical (unpaired) electrons. The zero-order chi connectivity index (χ0) is 7.52. The van der Waals surface area contributed by atoms with Crippen molar-refractivity contribution in [3.63, 3.8) is 0 Å². The van der Waals surface area contributed by atoms with E-state index < -0.39 is 0 Å². The van der Waals surface area contributed by atoms with Gasteiger partial charge in [0, 0.05) is 12.0 Å². The van der Waals surface area contributed by atoms with Crippen LogP contribution in [0.1, 0.15) is 5.56 Å². The predicted molar refractivity (Wildman–Crippen MR) is 43.4 cm³/mol. The summed E-state index contributed by atoms with van der Waals surface area (Å²) in [5.41, 5.74) is 1.03. The summed E-state index contributed by atoms with van der Waals surface area (Å²) in [6.07, 6.45) is 6.96. The van der Waals surface area contributed by atoms with Crippen LogP contribution in [0.4, 0.5) is 0 Å². The monoisotopic (exact) mass is 144 g/mol. The number of benzene rings is 1. The van der Waals surface area contributed by atoms with Gasteiger partial charge in [0.2, 0.25) is 0 Å². The number of ether oxygens (including phenoxy) is 1. The summed E-state index contributed by atoms with van der Waals surface area (Å²) in [6.45, 7) is 0.643. The molecule has 0 N–H and O–H groups in total. The third-order valence-corrected chi connectivity index (χ3v) is 1.58. The van der Waals surface area contributed by atoms with Crippen LogP contribution in [-0.2, 0) is 0 Å². The first-order valence-electron chi connectivity index (χ1n) is 3.60. The van der Waals surface area contributed by atoms with Crippen LogP contribution in [0.25, 0.3) is 0 Å². The average Bonchev–Trinajstić information content (AvgIpc) is 2.28. The minimum absolute atomic E-state index is 0.643. The van der Waals surface area contributed by atoms with Gasteiger partial charge in [-0.3, -0.25) is 0 Å². The van der Waals surface area contributed by atoms with E-state index in [1.807, 2.05) is 36.4 Å². The Morgan fingerprint density at radius 3 is 3.18 bits per heavy atom. The Balaban J connectivity index is 2.40. The fourth-order valence-corrected chi connectivity index (χ4v) is 1.05. The van der Waals surface area contributed by atoms with E-state index in [1.165, 1.54) is 0 Å². The second kappa shape index (κ2) is 2.79. The van der Waals surface area contributed by atoms with Crippen LogP contribution in [0.2, 0.25) is 0 Å². The lowest BCUT2D eigenvalue weighted by Gasteiger charge is -2.03. The lowest BCUT2D eigenvalue weighted by atomic mass is 10.1. The van der Waals surface area contributed by atoms with Crippen molar-refractivity contribution in [2.75, 3.05) is 6.61 Å². The van der Waals surface area contributed by atoms with Crippen molar-refractivity contribution in [1.82, 2.24) is 0 Å². The summed E-state index contributed by atoms with van der Waals surface area (Å²) in [4.78, 5) is 0. The van der Waals surface area contributed by atoms with Crippen LogP contribution in [0, 0.1) is 6.42 Å². The van der Waals surface area contributed by atoms with Gasteiger partial charge in [0.1, 0.15) is 12.4 Å². The Hall–Kier alpha value is -1.24. The first kappa shape index (κ1) is 6.47.